The molecule has 0 aliphatic rings. The zero-order valence-electron chi connectivity index (χ0n) is 4.54. The number of hydrogen-bond donors (Lipinski definition) is 1. The van der Waals surface area contributed by atoms with Gasteiger partial charge in [0.25, 0.3) is 0 Å². The average Bonchev–Trinajstić information content (AvgIpc) is 2.19. The van der Waals surface area contributed by atoms with Crippen molar-refractivity contribution in [1.29, 1.82) is 0 Å². The lowest BCUT2D eigenvalue weighted by atomic mass is 10.7. The molecule has 0 saturated heterocycles. The van der Waals surface area contributed by atoms with Crippen molar-refractivity contribution >= 4 is 0 Å². The normalized spacial score (nSPS) is 8.50. The Morgan fingerprint density at radius 3 is 2.50 bits per heavy atom. The molecule has 0 bridgehead atoms. The fourth-order valence-corrected chi connectivity index (χ4v) is 0.526. The lowest BCUT2D eigenvalue weighted by Gasteiger charge is -1.96. The number of aromatic nitrogens is 1. The third-order valence-electron chi connectivity index (χ3n) is 0.845. The fourth-order valence-electron chi connectivity index (χ4n) is 0.526. The van der Waals surface area contributed by atoms with E-state index >= 15 is 0 Å². The third-order valence-corrected chi connectivity index (χ3v) is 0.845. The van der Waals surface area contributed by atoms with Crippen molar-refractivity contribution in [3.05, 3.63) is 37.3 Å². The van der Waals surface area contributed by atoms with Gasteiger partial charge in [0.15, 0.2) is 0 Å². The topological polar surface area (TPSA) is 17.0 Å². The van der Waals surface area contributed by atoms with Crippen LogP contribution in [0, 0.1) is 0 Å². The average molecular weight is 108 g/mol. The van der Waals surface area contributed by atoms with Gasteiger partial charge in [-0.3, -0.25) is 4.68 Å². The van der Waals surface area contributed by atoms with Crippen molar-refractivity contribution in [2.45, 2.75) is 0 Å². The SMILES string of the molecule is C=CNn1cccc1. The van der Waals surface area contributed by atoms with Gasteiger partial charge in [-0.2, -0.15) is 0 Å². The molecule has 1 N–H and O–H groups in total. The maximum Gasteiger partial charge on any atom is 0.0262 e. The zero-order valence-corrected chi connectivity index (χ0v) is 4.54. The minimum Gasteiger partial charge on any atom is -0.303 e. The van der Waals surface area contributed by atoms with Crippen molar-refractivity contribution in [1.82, 2.24) is 4.68 Å². The van der Waals surface area contributed by atoms with Gasteiger partial charge < -0.3 is 5.43 Å². The molecule has 0 fully saturated rings. The number of hydrogen-bond acceptors (Lipinski definition) is 1. The first-order valence-electron chi connectivity index (χ1n) is 2.44. The van der Waals surface area contributed by atoms with E-state index in [1.165, 1.54) is 0 Å². The summed E-state index contributed by atoms with van der Waals surface area (Å²) >= 11 is 0. The first-order chi connectivity index (χ1) is 3.93. The summed E-state index contributed by atoms with van der Waals surface area (Å²) in [5, 5.41) is 0. The summed E-state index contributed by atoms with van der Waals surface area (Å²) in [6, 6.07) is 3.88. The quantitative estimate of drug-likeness (QED) is 0.601. The summed E-state index contributed by atoms with van der Waals surface area (Å²) in [5.74, 6) is 0. The van der Waals surface area contributed by atoms with Crippen molar-refractivity contribution in [2.24, 2.45) is 0 Å². The number of rotatable bonds is 2. The minimum absolute atomic E-state index is 1.62. The fraction of sp³-hybridized carbons (Fsp3) is 0. The molecule has 0 aliphatic heterocycles. The van der Waals surface area contributed by atoms with Crippen LogP contribution in [-0.2, 0) is 0 Å². The Morgan fingerprint density at radius 1 is 1.38 bits per heavy atom. The van der Waals surface area contributed by atoms with E-state index in [2.05, 4.69) is 12.0 Å². The van der Waals surface area contributed by atoms with Gasteiger partial charge in [0.2, 0.25) is 0 Å². The van der Waals surface area contributed by atoms with Gasteiger partial charge in [-0.25, -0.2) is 0 Å². The van der Waals surface area contributed by atoms with Crippen LogP contribution in [0.25, 0.3) is 0 Å². The lowest BCUT2D eigenvalue weighted by molar-refractivity contribution is 0.968. The van der Waals surface area contributed by atoms with Crippen molar-refractivity contribution in [3.8, 4) is 0 Å². The van der Waals surface area contributed by atoms with Gasteiger partial charge in [-0.15, -0.1) is 0 Å². The highest BCUT2D eigenvalue weighted by Gasteiger charge is 1.75. The Labute approximate surface area is 48.4 Å². The zero-order chi connectivity index (χ0) is 5.82. The van der Waals surface area contributed by atoms with Crippen LogP contribution < -0.4 is 5.43 Å². The molecule has 0 spiro atoms. The predicted octanol–water partition coefficient (Wildman–Crippen LogP) is 1.18. The number of nitrogens with zero attached hydrogens (tertiary/aromatic N) is 1. The van der Waals surface area contributed by atoms with Gasteiger partial charge in [0.05, 0.1) is 0 Å². The summed E-state index contributed by atoms with van der Waals surface area (Å²) in [4.78, 5) is 0. The van der Waals surface area contributed by atoms with E-state index in [0.717, 1.165) is 0 Å². The van der Waals surface area contributed by atoms with Crippen LogP contribution in [-0.4, -0.2) is 4.68 Å². The molecule has 8 heavy (non-hydrogen) atoms. The van der Waals surface area contributed by atoms with E-state index in [1.54, 1.807) is 6.20 Å². The molecule has 2 nitrogen and oxygen atoms in total. The van der Waals surface area contributed by atoms with Crippen LogP contribution in [0.15, 0.2) is 37.3 Å². The molecule has 0 amide bonds. The van der Waals surface area contributed by atoms with Crippen LogP contribution >= 0.6 is 0 Å². The molecule has 0 radical (unpaired) electrons. The van der Waals surface area contributed by atoms with Gasteiger partial charge >= 0.3 is 0 Å². The molecular formula is C6H8N2. The smallest absolute Gasteiger partial charge is 0.0262 e. The second-order valence-corrected chi connectivity index (χ2v) is 1.42. The largest absolute Gasteiger partial charge is 0.303 e. The van der Waals surface area contributed by atoms with E-state index in [4.69, 9.17) is 0 Å². The summed E-state index contributed by atoms with van der Waals surface area (Å²) in [5.41, 5.74) is 2.87. The lowest BCUT2D eigenvalue weighted by Crippen LogP contribution is -2.02. The molecule has 0 aromatic carbocycles. The highest BCUT2D eigenvalue weighted by atomic mass is 15.4. The van der Waals surface area contributed by atoms with Crippen LogP contribution in [0.5, 0.6) is 0 Å². The second-order valence-electron chi connectivity index (χ2n) is 1.42. The van der Waals surface area contributed by atoms with Crippen LogP contribution in [0.3, 0.4) is 0 Å². The van der Waals surface area contributed by atoms with Crippen molar-refractivity contribution < 1.29 is 0 Å². The highest BCUT2D eigenvalue weighted by molar-refractivity contribution is 4.95. The molecule has 0 unspecified atom stereocenters. The molecule has 2 heteroatoms. The molecule has 1 heterocycles. The standard InChI is InChI=1S/C6H8N2/c1-2-7-8-5-3-4-6-8/h2-7H,1H2. The molecular weight excluding hydrogens is 100 g/mol. The summed E-state index contributed by atoms with van der Waals surface area (Å²) < 4.78 is 1.81. The molecule has 1 aromatic rings. The molecule has 0 saturated carbocycles. The monoisotopic (exact) mass is 108 g/mol. The van der Waals surface area contributed by atoms with Gasteiger partial charge in [0.1, 0.15) is 0 Å². The molecule has 0 atom stereocenters. The van der Waals surface area contributed by atoms with Crippen LogP contribution in [0.4, 0.5) is 0 Å². The number of nitrogens with one attached hydrogen (secondary N) is 1. The Kier molecular flexibility index (Phi) is 1.37. The molecule has 1 aromatic heterocycles. The van der Waals surface area contributed by atoms with E-state index in [-0.39, 0.29) is 0 Å². The van der Waals surface area contributed by atoms with Crippen molar-refractivity contribution in [2.75, 3.05) is 5.43 Å². The van der Waals surface area contributed by atoms with Crippen LogP contribution in [0.2, 0.25) is 0 Å². The Balaban J connectivity index is 2.62. The van der Waals surface area contributed by atoms with Gasteiger partial charge in [-0.1, -0.05) is 6.58 Å². The van der Waals surface area contributed by atoms with E-state index in [0.29, 0.717) is 0 Å². The first kappa shape index (κ1) is 4.97. The second kappa shape index (κ2) is 2.21. The third kappa shape index (κ3) is 0.904. The summed E-state index contributed by atoms with van der Waals surface area (Å²) in [6.45, 7) is 3.50. The maximum atomic E-state index is 3.50. The minimum atomic E-state index is 1.62. The van der Waals surface area contributed by atoms with E-state index in [1.807, 2.05) is 29.2 Å². The highest BCUT2D eigenvalue weighted by Crippen LogP contribution is 1.83. The Hall–Kier alpha value is -1.18. The predicted molar refractivity (Wildman–Crippen MR) is 34.0 cm³/mol. The Bertz CT molecular complexity index is 153. The summed E-state index contributed by atoms with van der Waals surface area (Å²) in [7, 11) is 0. The van der Waals surface area contributed by atoms with Gasteiger partial charge in [0, 0.05) is 18.6 Å². The first-order valence-corrected chi connectivity index (χ1v) is 2.44. The molecule has 1 rings (SSSR count). The Morgan fingerprint density at radius 2 is 2.00 bits per heavy atom. The van der Waals surface area contributed by atoms with Crippen molar-refractivity contribution in [3.63, 3.8) is 0 Å². The molecule has 0 aliphatic carbocycles. The van der Waals surface area contributed by atoms with E-state index < -0.39 is 0 Å². The van der Waals surface area contributed by atoms with Crippen LogP contribution in [0.1, 0.15) is 0 Å². The summed E-state index contributed by atoms with van der Waals surface area (Å²) in [6.07, 6.45) is 5.43. The van der Waals surface area contributed by atoms with E-state index in [9.17, 15) is 0 Å². The molecule has 42 valence electrons. The maximum absolute atomic E-state index is 3.50. The van der Waals surface area contributed by atoms with Gasteiger partial charge in [-0.05, 0) is 12.1 Å².